The first-order valence-electron chi connectivity index (χ1n) is 11.2. The third-order valence-corrected chi connectivity index (χ3v) is 6.28. The first kappa shape index (κ1) is 21.7. The van der Waals surface area contributed by atoms with Gasteiger partial charge in [-0.15, -0.1) is 0 Å². The molecule has 1 saturated heterocycles. The number of hydrogen-bond acceptors (Lipinski definition) is 6. The lowest BCUT2D eigenvalue weighted by atomic mass is 9.93. The molecule has 2 aliphatic heterocycles. The zero-order valence-electron chi connectivity index (χ0n) is 17.9. The number of benzene rings is 1. The number of likely N-dealkylation sites (tertiary alicyclic amines) is 1. The normalized spacial score (nSPS) is 20.2. The number of nitrogens with zero attached hydrogens (tertiary/aromatic N) is 3. The first-order chi connectivity index (χ1) is 15.1. The van der Waals surface area contributed by atoms with Gasteiger partial charge in [0, 0.05) is 19.7 Å². The topological polar surface area (TPSA) is 83.0 Å². The fourth-order valence-electron chi connectivity index (χ4n) is 4.61. The quantitative estimate of drug-likeness (QED) is 0.364. The maximum Gasteiger partial charge on any atom is 0.433 e. The average molecular weight is 426 g/mol. The molecule has 1 N–H and O–H groups in total. The van der Waals surface area contributed by atoms with E-state index in [2.05, 4.69) is 40.1 Å². The van der Waals surface area contributed by atoms with Gasteiger partial charge in [0.25, 0.3) is 0 Å². The van der Waals surface area contributed by atoms with Crippen LogP contribution >= 0.6 is 0 Å². The van der Waals surface area contributed by atoms with Crippen molar-refractivity contribution < 1.29 is 14.4 Å². The van der Waals surface area contributed by atoms with E-state index in [0.717, 1.165) is 32.4 Å². The second-order valence-corrected chi connectivity index (χ2v) is 8.54. The lowest BCUT2D eigenvalue weighted by Crippen LogP contribution is -2.32. The zero-order chi connectivity index (χ0) is 21.6. The van der Waals surface area contributed by atoms with Crippen LogP contribution in [0.5, 0.6) is 0 Å². The fourth-order valence-corrected chi connectivity index (χ4v) is 4.61. The zero-order valence-corrected chi connectivity index (χ0v) is 17.9. The molecule has 31 heavy (non-hydrogen) atoms. The highest BCUT2D eigenvalue weighted by Crippen LogP contribution is 2.33. The van der Waals surface area contributed by atoms with Crippen molar-refractivity contribution in [1.82, 2.24) is 9.80 Å². The summed E-state index contributed by atoms with van der Waals surface area (Å²) in [5.74, 6) is 0.392. The minimum atomic E-state index is -0.497. The molecule has 7 heteroatoms. The molecule has 1 aromatic carbocycles. The third-order valence-electron chi connectivity index (χ3n) is 6.28. The van der Waals surface area contributed by atoms with Crippen molar-refractivity contribution in [3.63, 3.8) is 0 Å². The van der Waals surface area contributed by atoms with Crippen LogP contribution in [0.2, 0.25) is 0 Å². The Bertz CT molecular complexity index is 900. The average Bonchev–Trinajstić information content (AvgIpc) is 3.46. The van der Waals surface area contributed by atoms with Crippen molar-refractivity contribution in [1.29, 1.82) is 0 Å². The molecule has 0 amide bonds. The molecule has 0 radical (unpaired) electrons. The summed E-state index contributed by atoms with van der Waals surface area (Å²) in [7, 11) is 0. The van der Waals surface area contributed by atoms with E-state index in [4.69, 9.17) is 4.42 Å². The van der Waals surface area contributed by atoms with Gasteiger partial charge in [-0.3, -0.25) is 19.9 Å². The van der Waals surface area contributed by atoms with E-state index in [9.17, 15) is 15.2 Å². The molecule has 2 aromatic rings. The molecule has 166 valence electrons. The van der Waals surface area contributed by atoms with Gasteiger partial charge in [0.05, 0.1) is 18.7 Å². The fraction of sp³-hybridized carbons (Fsp3) is 0.500. The summed E-state index contributed by atoms with van der Waals surface area (Å²) >= 11 is 0. The van der Waals surface area contributed by atoms with Gasteiger partial charge in [-0.2, -0.15) is 0 Å². The predicted octanol–water partition coefficient (Wildman–Crippen LogP) is 4.43. The lowest BCUT2D eigenvalue weighted by molar-refractivity contribution is -0.402. The Morgan fingerprint density at radius 2 is 1.84 bits per heavy atom. The van der Waals surface area contributed by atoms with E-state index in [1.54, 1.807) is 6.07 Å². The largest absolute Gasteiger partial charge is 0.433 e. The van der Waals surface area contributed by atoms with Gasteiger partial charge in [0.2, 0.25) is 0 Å². The maximum atomic E-state index is 11.0. The van der Waals surface area contributed by atoms with Crippen LogP contribution in [0.1, 0.15) is 55.0 Å². The number of rotatable bonds is 9. The van der Waals surface area contributed by atoms with Gasteiger partial charge >= 0.3 is 5.88 Å². The van der Waals surface area contributed by atoms with Crippen molar-refractivity contribution in [2.24, 2.45) is 0 Å². The summed E-state index contributed by atoms with van der Waals surface area (Å²) in [4.78, 5) is 15.3. The van der Waals surface area contributed by atoms with Crippen LogP contribution in [0.4, 0.5) is 5.88 Å². The van der Waals surface area contributed by atoms with Crippen molar-refractivity contribution in [2.45, 2.75) is 51.2 Å². The van der Waals surface area contributed by atoms with E-state index in [-0.39, 0.29) is 18.5 Å². The second kappa shape index (κ2) is 10.2. The van der Waals surface area contributed by atoms with Crippen LogP contribution in [0.15, 0.2) is 52.5 Å². The molecule has 3 heterocycles. The number of aliphatic hydroxyl groups is 1. The van der Waals surface area contributed by atoms with Gasteiger partial charge in [-0.1, -0.05) is 35.9 Å². The van der Waals surface area contributed by atoms with Gasteiger partial charge in [-0.25, -0.2) is 0 Å². The van der Waals surface area contributed by atoms with Gasteiger partial charge in [0.1, 0.15) is 10.7 Å². The smallest absolute Gasteiger partial charge is 0.404 e. The van der Waals surface area contributed by atoms with E-state index < -0.39 is 4.92 Å². The van der Waals surface area contributed by atoms with Crippen LogP contribution in [0.3, 0.4) is 0 Å². The highest BCUT2D eigenvalue weighted by molar-refractivity contribution is 5.30. The Kier molecular flexibility index (Phi) is 7.17. The Balaban J connectivity index is 1.51. The minimum Gasteiger partial charge on any atom is -0.404 e. The molecule has 1 atom stereocenters. The summed E-state index contributed by atoms with van der Waals surface area (Å²) in [6.07, 6.45) is 7.50. The molecule has 0 saturated carbocycles. The number of hydrogen-bond donors (Lipinski definition) is 1. The summed E-state index contributed by atoms with van der Waals surface area (Å²) < 4.78 is 5.42. The molecule has 7 nitrogen and oxygen atoms in total. The summed E-state index contributed by atoms with van der Waals surface area (Å²) in [6.45, 7) is 4.95. The Hall–Kier alpha value is -2.48. The molecular formula is C24H31N3O4. The van der Waals surface area contributed by atoms with E-state index >= 15 is 0 Å². The molecule has 1 unspecified atom stereocenters. The second-order valence-electron chi connectivity index (χ2n) is 8.54. The highest BCUT2D eigenvalue weighted by Gasteiger charge is 2.25. The monoisotopic (exact) mass is 425 g/mol. The molecule has 1 fully saturated rings. The third kappa shape index (κ3) is 5.61. The Morgan fingerprint density at radius 3 is 2.52 bits per heavy atom. The molecule has 2 aliphatic rings. The SMILES string of the molecule is O=[N+]([O-])c1ccc(CN2CCC(CCCO)=CC2c2ccc(CN3CCCC3)cc2)o1. The molecule has 0 spiro atoms. The maximum absolute atomic E-state index is 11.0. The van der Waals surface area contributed by atoms with Crippen molar-refractivity contribution >= 4 is 5.88 Å². The van der Waals surface area contributed by atoms with Gasteiger partial charge < -0.3 is 9.52 Å². The lowest BCUT2D eigenvalue weighted by Gasteiger charge is -2.34. The van der Waals surface area contributed by atoms with Crippen LogP contribution in [-0.2, 0) is 13.1 Å². The standard InChI is InChI=1S/C24H31N3O4/c28-15-3-4-19-11-14-26(18-22-9-10-24(31-22)27(29)30)23(16-19)21-7-5-20(6-8-21)17-25-12-1-2-13-25/h5-10,16,23,28H,1-4,11-15,17-18H2. The van der Waals surface area contributed by atoms with E-state index in [1.165, 1.54) is 48.7 Å². The molecule has 0 bridgehead atoms. The van der Waals surface area contributed by atoms with Crippen molar-refractivity contribution in [3.8, 4) is 0 Å². The van der Waals surface area contributed by atoms with E-state index in [1.807, 2.05) is 0 Å². The van der Waals surface area contributed by atoms with Crippen LogP contribution in [-0.4, -0.2) is 46.1 Å². The van der Waals surface area contributed by atoms with Crippen molar-refractivity contribution in [3.05, 3.63) is 75.0 Å². The van der Waals surface area contributed by atoms with Crippen LogP contribution in [0, 0.1) is 10.1 Å². The molecule has 0 aliphatic carbocycles. The minimum absolute atomic E-state index is 0.0902. The predicted molar refractivity (Wildman–Crippen MR) is 118 cm³/mol. The number of aliphatic hydroxyl groups excluding tert-OH is 1. The number of nitro groups is 1. The highest BCUT2D eigenvalue weighted by atomic mass is 16.6. The summed E-state index contributed by atoms with van der Waals surface area (Å²) in [5.41, 5.74) is 3.91. The van der Waals surface area contributed by atoms with E-state index in [0.29, 0.717) is 12.3 Å². The first-order valence-corrected chi connectivity index (χ1v) is 11.2. The van der Waals surface area contributed by atoms with Crippen LogP contribution < -0.4 is 0 Å². The molecule has 1 aromatic heterocycles. The van der Waals surface area contributed by atoms with Gasteiger partial charge in [-0.05, 0) is 62.4 Å². The van der Waals surface area contributed by atoms with Crippen LogP contribution in [0.25, 0.3) is 0 Å². The summed E-state index contributed by atoms with van der Waals surface area (Å²) in [6, 6.07) is 12.1. The van der Waals surface area contributed by atoms with Gasteiger partial charge in [0.15, 0.2) is 0 Å². The van der Waals surface area contributed by atoms with Crippen molar-refractivity contribution in [2.75, 3.05) is 26.2 Å². The summed E-state index contributed by atoms with van der Waals surface area (Å²) in [5, 5.41) is 20.2. The number of furan rings is 1. The Morgan fingerprint density at radius 1 is 1.06 bits per heavy atom. The molecule has 4 rings (SSSR count). The Labute approximate surface area is 183 Å². The molecular weight excluding hydrogens is 394 g/mol.